The van der Waals surface area contributed by atoms with Gasteiger partial charge in [-0.3, -0.25) is 0 Å². The van der Waals surface area contributed by atoms with Crippen molar-refractivity contribution in [3.8, 4) is 0 Å². The van der Waals surface area contributed by atoms with Crippen molar-refractivity contribution in [2.24, 2.45) is 11.3 Å². The van der Waals surface area contributed by atoms with E-state index in [9.17, 15) is 0 Å². The number of benzene rings is 5. The molecule has 12 rings (SSSR count). The van der Waals surface area contributed by atoms with Crippen LogP contribution in [0.4, 0.5) is 5.69 Å². The minimum atomic E-state index is -0.712. The van der Waals surface area contributed by atoms with Crippen molar-refractivity contribution in [3.05, 3.63) is 281 Å². The molecule has 0 aliphatic heterocycles. The molecule has 0 N–H and O–H groups in total. The zero-order valence-corrected chi connectivity index (χ0v) is 37.9. The molecule has 0 fully saturated rings. The molecule has 6 aromatic rings. The number of hydrogen-bond acceptors (Lipinski definition) is 2. The Labute approximate surface area is 390 Å². The Morgan fingerprint density at radius 2 is 1.45 bits per heavy atom. The Morgan fingerprint density at radius 1 is 0.727 bits per heavy atom. The van der Waals surface area contributed by atoms with E-state index in [0.29, 0.717) is 0 Å². The summed E-state index contributed by atoms with van der Waals surface area (Å²) in [6.45, 7) is 9.07. The maximum absolute atomic E-state index is 6.99. The van der Waals surface area contributed by atoms with E-state index < -0.39 is 5.41 Å². The minimum Gasteiger partial charge on any atom is -0.456 e. The summed E-state index contributed by atoms with van der Waals surface area (Å²) in [7, 11) is 0. The molecule has 1 heterocycles. The summed E-state index contributed by atoms with van der Waals surface area (Å²) in [5, 5.41) is 1.23. The predicted octanol–water partition coefficient (Wildman–Crippen LogP) is 15.6. The average molecular weight is 854 g/mol. The molecule has 66 heavy (non-hydrogen) atoms. The van der Waals surface area contributed by atoms with E-state index in [2.05, 4.69) is 238 Å². The number of rotatable bonds is 8. The van der Waals surface area contributed by atoms with Crippen molar-refractivity contribution in [3.63, 3.8) is 0 Å². The summed E-state index contributed by atoms with van der Waals surface area (Å²) in [4.78, 5) is 2.78. The lowest BCUT2D eigenvalue weighted by molar-refractivity contribution is 0.184. The molecule has 0 saturated carbocycles. The first-order valence-corrected chi connectivity index (χ1v) is 24.0. The highest BCUT2D eigenvalue weighted by molar-refractivity contribution is 6.03. The van der Waals surface area contributed by atoms with Crippen LogP contribution in [-0.4, -0.2) is 6.04 Å². The standard InChI is InChI=1S/C64H55NO/c1-4-25-48-49-34-18-21-37-53(49)63(52(48)5-2,44-26-10-6-11-27-44)61-56(41-42-58-59(61)51-36-20-23-40-57(51)66-58)65(47-32-16-9-17-33-47)55-39-24-43-62(3)60(55)50-35-19-22-38-54(50)64(62,45-28-12-7-13-29-45)46-30-14-8-15-31-46/h4-19,21-30,32,34-35,37-43,46-47,60H,1,20,31,33,36H2,2-3H3/b48-25?,52-5+. The Hall–Kier alpha value is -7.16. The fourth-order valence-electron chi connectivity index (χ4n) is 13.7. The third-order valence-corrected chi connectivity index (χ3v) is 16.0. The second-order valence-electron chi connectivity index (χ2n) is 19.0. The molecule has 1 aromatic heterocycles. The van der Waals surface area contributed by atoms with Crippen LogP contribution in [0.1, 0.15) is 89.3 Å². The molecule has 2 heteroatoms. The van der Waals surface area contributed by atoms with Crippen LogP contribution in [0.5, 0.6) is 0 Å². The summed E-state index contributed by atoms with van der Waals surface area (Å²) in [6, 6.07) is 46.0. The molecule has 6 aliphatic rings. The first kappa shape index (κ1) is 40.4. The van der Waals surface area contributed by atoms with Crippen LogP contribution in [0.2, 0.25) is 0 Å². The van der Waals surface area contributed by atoms with Gasteiger partial charge in [0.25, 0.3) is 0 Å². The van der Waals surface area contributed by atoms with Gasteiger partial charge in [-0.2, -0.15) is 0 Å². The Kier molecular flexibility index (Phi) is 9.65. The van der Waals surface area contributed by atoms with Crippen molar-refractivity contribution >= 4 is 28.3 Å². The summed E-state index contributed by atoms with van der Waals surface area (Å²) in [5.74, 6) is 1.25. The number of allylic oxidation sites excluding steroid dienone is 16. The summed E-state index contributed by atoms with van der Waals surface area (Å²) in [6.07, 6.45) is 40.9. The normalized spacial score (nSPS) is 27.8. The van der Waals surface area contributed by atoms with Gasteiger partial charge in [0.2, 0.25) is 0 Å². The zero-order chi connectivity index (χ0) is 44.5. The molecule has 0 saturated heterocycles. The molecule has 6 unspecified atom stereocenters. The first-order valence-electron chi connectivity index (χ1n) is 24.0. The van der Waals surface area contributed by atoms with Crippen LogP contribution in [0.3, 0.4) is 0 Å². The third-order valence-electron chi connectivity index (χ3n) is 16.0. The maximum Gasteiger partial charge on any atom is 0.135 e. The van der Waals surface area contributed by atoms with Crippen LogP contribution in [0, 0.1) is 11.3 Å². The Morgan fingerprint density at radius 3 is 2.20 bits per heavy atom. The third kappa shape index (κ3) is 5.48. The topological polar surface area (TPSA) is 16.4 Å². The van der Waals surface area contributed by atoms with Gasteiger partial charge in [0.15, 0.2) is 0 Å². The van der Waals surface area contributed by atoms with Crippen LogP contribution < -0.4 is 4.90 Å². The van der Waals surface area contributed by atoms with Gasteiger partial charge < -0.3 is 9.32 Å². The molecule has 322 valence electrons. The molecular weight excluding hydrogens is 799 g/mol. The number of nitrogens with zero attached hydrogens (tertiary/aromatic N) is 1. The molecule has 0 radical (unpaired) electrons. The van der Waals surface area contributed by atoms with Gasteiger partial charge in [0.05, 0.1) is 11.5 Å². The molecule has 6 aliphatic carbocycles. The quantitative estimate of drug-likeness (QED) is 0.152. The fraction of sp³-hybridized carbons (Fsp3) is 0.188. The van der Waals surface area contributed by atoms with Gasteiger partial charge in [0, 0.05) is 44.6 Å². The van der Waals surface area contributed by atoms with Crippen molar-refractivity contribution in [1.29, 1.82) is 0 Å². The van der Waals surface area contributed by atoms with E-state index in [1.165, 1.54) is 72.4 Å². The average Bonchev–Trinajstić information content (AvgIpc) is 3.98. The smallest absolute Gasteiger partial charge is 0.135 e. The monoisotopic (exact) mass is 853 g/mol. The molecule has 2 nitrogen and oxygen atoms in total. The van der Waals surface area contributed by atoms with E-state index in [1.54, 1.807) is 0 Å². The first-order chi connectivity index (χ1) is 32.6. The zero-order valence-electron chi connectivity index (χ0n) is 37.9. The lowest BCUT2D eigenvalue weighted by atomic mass is 9.51. The molecule has 0 amide bonds. The van der Waals surface area contributed by atoms with E-state index >= 15 is 0 Å². The predicted molar refractivity (Wildman–Crippen MR) is 276 cm³/mol. The summed E-state index contributed by atoms with van der Waals surface area (Å²) < 4.78 is 6.99. The van der Waals surface area contributed by atoms with Gasteiger partial charge in [-0.1, -0.05) is 208 Å². The van der Waals surface area contributed by atoms with Crippen molar-refractivity contribution < 1.29 is 4.42 Å². The maximum atomic E-state index is 6.99. The Balaban J connectivity index is 1.21. The summed E-state index contributed by atoms with van der Waals surface area (Å²) in [5.41, 5.74) is 15.1. The lowest BCUT2D eigenvalue weighted by Crippen LogP contribution is -2.50. The molecular formula is C64H55NO. The van der Waals surface area contributed by atoms with Crippen LogP contribution in [-0.2, 0) is 17.3 Å². The fourth-order valence-corrected chi connectivity index (χ4v) is 13.7. The van der Waals surface area contributed by atoms with E-state index in [-0.39, 0.29) is 28.7 Å². The van der Waals surface area contributed by atoms with Crippen molar-refractivity contribution in [1.82, 2.24) is 0 Å². The van der Waals surface area contributed by atoms with Crippen molar-refractivity contribution in [2.45, 2.75) is 62.3 Å². The highest BCUT2D eigenvalue weighted by Crippen LogP contribution is 2.70. The number of fused-ring (bicyclic) bond motifs is 7. The summed E-state index contributed by atoms with van der Waals surface area (Å²) >= 11 is 0. The van der Waals surface area contributed by atoms with E-state index in [1.807, 2.05) is 6.08 Å². The largest absolute Gasteiger partial charge is 0.456 e. The number of hydrogen-bond donors (Lipinski definition) is 0. The van der Waals surface area contributed by atoms with Gasteiger partial charge in [0.1, 0.15) is 11.3 Å². The molecule has 5 aromatic carbocycles. The Bertz CT molecular complexity index is 3210. The number of furan rings is 1. The lowest BCUT2D eigenvalue weighted by Gasteiger charge is -2.53. The van der Waals surface area contributed by atoms with Crippen LogP contribution >= 0.6 is 0 Å². The number of anilines is 1. The second kappa shape index (κ2) is 15.8. The van der Waals surface area contributed by atoms with Gasteiger partial charge in [-0.25, -0.2) is 0 Å². The van der Waals surface area contributed by atoms with Crippen LogP contribution in [0.15, 0.2) is 235 Å². The minimum absolute atomic E-state index is 0.0308. The SMILES string of the molecule is C=CC=C1/C(=C\C)C(c2ccccc2)(c2c(N(C3=CC=CC4(C)C3c3ccccc3C4(c3ccccc3)C3C=CC=CC3)C3C=CC=CC3)ccc3oc4c(c23)CCC=C4)c2ccccc21. The van der Waals surface area contributed by atoms with E-state index in [0.717, 1.165) is 37.0 Å². The van der Waals surface area contributed by atoms with Gasteiger partial charge >= 0.3 is 0 Å². The molecule has 0 spiro atoms. The molecule has 6 atom stereocenters. The molecule has 0 bridgehead atoms. The highest BCUT2D eigenvalue weighted by atomic mass is 16.3. The second-order valence-corrected chi connectivity index (χ2v) is 19.0. The van der Waals surface area contributed by atoms with E-state index in [4.69, 9.17) is 4.42 Å². The van der Waals surface area contributed by atoms with Gasteiger partial charge in [-0.15, -0.1) is 0 Å². The van der Waals surface area contributed by atoms with Crippen LogP contribution in [0.25, 0.3) is 22.6 Å². The number of aryl methyl sites for hydroxylation is 1. The van der Waals surface area contributed by atoms with Crippen molar-refractivity contribution in [2.75, 3.05) is 4.90 Å². The van der Waals surface area contributed by atoms with Gasteiger partial charge in [-0.05, 0) is 107 Å². The highest BCUT2D eigenvalue weighted by Gasteiger charge is 2.64.